The zero-order valence-corrected chi connectivity index (χ0v) is 13.6. The molecule has 2 aliphatic rings. The maximum absolute atomic E-state index is 13.7. The molecular weight excluding hydrogens is 309 g/mol. The monoisotopic (exact) mass is 329 g/mol. The van der Waals surface area contributed by atoms with Gasteiger partial charge in [0.25, 0.3) is 5.91 Å². The van der Waals surface area contributed by atoms with E-state index in [0.717, 1.165) is 19.3 Å². The summed E-state index contributed by atoms with van der Waals surface area (Å²) in [5.41, 5.74) is -0.0387. The average Bonchev–Trinajstić information content (AvgIpc) is 2.98. The van der Waals surface area contributed by atoms with Crippen LogP contribution in [0.4, 0.5) is 4.39 Å². The SMILES string of the molecule is CC(=O)NC1CC(C2CCN(C(=O)c3cccc(F)c3C#N)C2)C1. The summed E-state index contributed by atoms with van der Waals surface area (Å²) in [4.78, 5) is 25.4. The third-order valence-corrected chi connectivity index (χ3v) is 5.12. The molecule has 1 heterocycles. The summed E-state index contributed by atoms with van der Waals surface area (Å²) in [6, 6.07) is 6.20. The van der Waals surface area contributed by atoms with Crippen molar-refractivity contribution in [3.63, 3.8) is 0 Å². The number of nitrogens with zero attached hydrogens (tertiary/aromatic N) is 2. The molecule has 1 aliphatic heterocycles. The number of nitrogens with one attached hydrogen (secondary N) is 1. The van der Waals surface area contributed by atoms with E-state index in [2.05, 4.69) is 5.32 Å². The second kappa shape index (κ2) is 6.60. The predicted octanol–water partition coefficient (Wildman–Crippen LogP) is 2.07. The Labute approximate surface area is 140 Å². The number of carbonyl (C=O) groups excluding carboxylic acids is 2. The Kier molecular flexibility index (Phi) is 4.52. The molecule has 1 unspecified atom stereocenters. The van der Waals surface area contributed by atoms with E-state index in [1.165, 1.54) is 25.1 Å². The summed E-state index contributed by atoms with van der Waals surface area (Å²) in [5.74, 6) is -0.0000126. The molecule has 1 N–H and O–H groups in total. The lowest BCUT2D eigenvalue weighted by atomic mass is 9.72. The molecule has 1 aromatic rings. The highest BCUT2D eigenvalue weighted by Gasteiger charge is 2.39. The van der Waals surface area contributed by atoms with Crippen LogP contribution < -0.4 is 5.32 Å². The van der Waals surface area contributed by atoms with Gasteiger partial charge in [0.2, 0.25) is 5.91 Å². The first kappa shape index (κ1) is 16.4. The molecule has 3 rings (SSSR count). The van der Waals surface area contributed by atoms with E-state index in [1.807, 2.05) is 0 Å². The van der Waals surface area contributed by atoms with Gasteiger partial charge in [-0.25, -0.2) is 4.39 Å². The van der Waals surface area contributed by atoms with Gasteiger partial charge < -0.3 is 10.2 Å². The first-order valence-corrected chi connectivity index (χ1v) is 8.24. The molecule has 5 nitrogen and oxygen atoms in total. The van der Waals surface area contributed by atoms with Crippen molar-refractivity contribution in [2.24, 2.45) is 11.8 Å². The van der Waals surface area contributed by atoms with Crippen LogP contribution in [0.15, 0.2) is 18.2 Å². The van der Waals surface area contributed by atoms with Gasteiger partial charge in [0.05, 0.1) is 5.56 Å². The van der Waals surface area contributed by atoms with E-state index < -0.39 is 5.82 Å². The number of carbonyl (C=O) groups is 2. The number of amides is 2. The quantitative estimate of drug-likeness (QED) is 0.922. The molecule has 2 amide bonds. The summed E-state index contributed by atoms with van der Waals surface area (Å²) in [7, 11) is 0. The van der Waals surface area contributed by atoms with Crippen LogP contribution >= 0.6 is 0 Å². The number of halogens is 1. The second-order valence-electron chi connectivity index (χ2n) is 6.70. The van der Waals surface area contributed by atoms with Gasteiger partial charge in [0, 0.05) is 26.1 Å². The Morgan fingerprint density at radius 2 is 2.08 bits per heavy atom. The largest absolute Gasteiger partial charge is 0.354 e. The standard InChI is InChI=1S/C18H20FN3O2/c1-11(23)21-14-7-13(8-14)12-5-6-22(10-12)18(24)15-3-2-4-17(19)16(15)9-20/h2-4,12-14H,5-8,10H2,1H3,(H,21,23). The van der Waals surface area contributed by atoms with Crippen LogP contribution in [-0.4, -0.2) is 35.8 Å². The Bertz CT molecular complexity index is 707. The van der Waals surface area contributed by atoms with Gasteiger partial charge in [-0.1, -0.05) is 6.07 Å². The minimum atomic E-state index is -0.656. The van der Waals surface area contributed by atoms with Gasteiger partial charge in [0.1, 0.15) is 17.4 Å². The first-order valence-electron chi connectivity index (χ1n) is 8.24. The predicted molar refractivity (Wildman–Crippen MR) is 85.5 cm³/mol. The normalized spacial score (nSPS) is 25.7. The van der Waals surface area contributed by atoms with E-state index in [9.17, 15) is 14.0 Å². The Morgan fingerprint density at radius 1 is 1.33 bits per heavy atom. The van der Waals surface area contributed by atoms with E-state index in [-0.39, 0.29) is 29.0 Å². The molecule has 1 saturated heterocycles. The van der Waals surface area contributed by atoms with Crippen molar-refractivity contribution in [3.8, 4) is 6.07 Å². The second-order valence-corrected chi connectivity index (χ2v) is 6.70. The summed E-state index contributed by atoms with van der Waals surface area (Å²) >= 11 is 0. The maximum Gasteiger partial charge on any atom is 0.255 e. The highest BCUT2D eigenvalue weighted by atomic mass is 19.1. The lowest BCUT2D eigenvalue weighted by Crippen LogP contribution is -2.46. The summed E-state index contributed by atoms with van der Waals surface area (Å²) in [6.07, 6.45) is 2.83. The molecule has 1 saturated carbocycles. The summed E-state index contributed by atoms with van der Waals surface area (Å²) in [5, 5.41) is 12.0. The lowest BCUT2D eigenvalue weighted by Gasteiger charge is -2.39. The van der Waals surface area contributed by atoms with Gasteiger partial charge in [-0.15, -0.1) is 0 Å². The fraction of sp³-hybridized carbons (Fsp3) is 0.500. The summed E-state index contributed by atoms with van der Waals surface area (Å²) < 4.78 is 13.7. The molecule has 1 atom stereocenters. The minimum absolute atomic E-state index is 0.00295. The molecule has 2 fully saturated rings. The third kappa shape index (κ3) is 3.12. The molecule has 1 aliphatic carbocycles. The lowest BCUT2D eigenvalue weighted by molar-refractivity contribution is -0.120. The number of nitriles is 1. The van der Waals surface area contributed by atoms with Crippen LogP contribution in [-0.2, 0) is 4.79 Å². The number of likely N-dealkylation sites (tertiary alicyclic amines) is 1. The highest BCUT2D eigenvalue weighted by molar-refractivity contribution is 5.96. The summed E-state index contributed by atoms with van der Waals surface area (Å²) in [6.45, 7) is 2.79. The van der Waals surface area contributed by atoms with E-state index >= 15 is 0 Å². The minimum Gasteiger partial charge on any atom is -0.354 e. The van der Waals surface area contributed by atoms with E-state index in [0.29, 0.717) is 24.9 Å². The molecule has 24 heavy (non-hydrogen) atoms. The van der Waals surface area contributed by atoms with E-state index in [4.69, 9.17) is 5.26 Å². The molecule has 0 aromatic heterocycles. The van der Waals surface area contributed by atoms with Crippen molar-refractivity contribution < 1.29 is 14.0 Å². The first-order chi connectivity index (χ1) is 11.5. The van der Waals surface area contributed by atoms with Crippen molar-refractivity contribution in [2.45, 2.75) is 32.2 Å². The molecule has 0 spiro atoms. The van der Waals surface area contributed by atoms with Gasteiger partial charge in [0.15, 0.2) is 0 Å². The van der Waals surface area contributed by atoms with Crippen molar-refractivity contribution in [1.82, 2.24) is 10.2 Å². The highest BCUT2D eigenvalue weighted by Crippen LogP contribution is 2.39. The zero-order valence-electron chi connectivity index (χ0n) is 13.6. The van der Waals surface area contributed by atoms with Crippen LogP contribution in [0.5, 0.6) is 0 Å². The van der Waals surface area contributed by atoms with Crippen LogP contribution in [0.1, 0.15) is 42.1 Å². The van der Waals surface area contributed by atoms with Gasteiger partial charge in [-0.2, -0.15) is 5.26 Å². The van der Waals surface area contributed by atoms with Crippen LogP contribution in [0.3, 0.4) is 0 Å². The Balaban J connectivity index is 1.61. The van der Waals surface area contributed by atoms with E-state index in [1.54, 1.807) is 11.0 Å². The van der Waals surface area contributed by atoms with Crippen LogP contribution in [0, 0.1) is 29.0 Å². The molecule has 6 heteroatoms. The van der Waals surface area contributed by atoms with Crippen molar-refractivity contribution >= 4 is 11.8 Å². The fourth-order valence-electron chi connectivity index (χ4n) is 3.79. The topological polar surface area (TPSA) is 73.2 Å². The van der Waals surface area contributed by atoms with Crippen molar-refractivity contribution in [1.29, 1.82) is 5.26 Å². The Morgan fingerprint density at radius 3 is 2.75 bits per heavy atom. The smallest absolute Gasteiger partial charge is 0.255 e. The van der Waals surface area contributed by atoms with Gasteiger partial charge in [-0.3, -0.25) is 9.59 Å². The maximum atomic E-state index is 13.7. The van der Waals surface area contributed by atoms with Crippen molar-refractivity contribution in [2.75, 3.05) is 13.1 Å². The third-order valence-electron chi connectivity index (χ3n) is 5.12. The number of rotatable bonds is 3. The van der Waals surface area contributed by atoms with Gasteiger partial charge in [-0.05, 0) is 43.2 Å². The average molecular weight is 329 g/mol. The fourth-order valence-corrected chi connectivity index (χ4v) is 3.79. The van der Waals surface area contributed by atoms with Crippen LogP contribution in [0.2, 0.25) is 0 Å². The Hall–Kier alpha value is -2.42. The zero-order chi connectivity index (χ0) is 17.3. The molecule has 1 aromatic carbocycles. The van der Waals surface area contributed by atoms with Crippen LogP contribution in [0.25, 0.3) is 0 Å². The van der Waals surface area contributed by atoms with Crippen molar-refractivity contribution in [3.05, 3.63) is 35.1 Å². The number of hydrogen-bond acceptors (Lipinski definition) is 3. The molecular formula is C18H20FN3O2. The van der Waals surface area contributed by atoms with Gasteiger partial charge >= 0.3 is 0 Å². The molecule has 0 radical (unpaired) electrons. The number of hydrogen-bond donors (Lipinski definition) is 1. The molecule has 0 bridgehead atoms. The number of benzene rings is 1. The molecule has 126 valence electrons.